The van der Waals surface area contributed by atoms with Gasteiger partial charge in [0.05, 0.1) is 7.11 Å². The predicted octanol–water partition coefficient (Wildman–Crippen LogP) is 3.29. The molecule has 2 heterocycles. The monoisotopic (exact) mass is 226 g/mol. The normalized spacial score (nSPS) is 11.5. The number of aromatic amines is 1. The van der Waals surface area contributed by atoms with Crippen molar-refractivity contribution in [3.63, 3.8) is 0 Å². The van der Waals surface area contributed by atoms with E-state index in [0.717, 1.165) is 22.2 Å². The molecule has 0 radical (unpaired) electrons. The van der Waals surface area contributed by atoms with Crippen LogP contribution in [0.4, 0.5) is 0 Å². The van der Waals surface area contributed by atoms with Crippen molar-refractivity contribution in [2.24, 2.45) is 0 Å². The van der Waals surface area contributed by atoms with Gasteiger partial charge in [-0.2, -0.15) is 0 Å². The predicted molar refractivity (Wildman–Crippen MR) is 70.4 cm³/mol. The molecule has 0 aliphatic carbocycles. The van der Waals surface area contributed by atoms with Crippen LogP contribution >= 0.6 is 0 Å². The molecular formula is C14H14N2O. The topological polar surface area (TPSA) is 37.9 Å². The van der Waals surface area contributed by atoms with Crippen molar-refractivity contribution in [3.8, 4) is 0 Å². The lowest BCUT2D eigenvalue weighted by Gasteiger charge is -2.03. The van der Waals surface area contributed by atoms with Crippen LogP contribution in [-0.4, -0.2) is 17.1 Å². The Hall–Kier alpha value is -2.29. The lowest BCUT2D eigenvalue weighted by molar-refractivity contribution is 0.307. The fourth-order valence-corrected chi connectivity index (χ4v) is 1.57. The first-order valence-corrected chi connectivity index (χ1v) is 5.25. The zero-order valence-corrected chi connectivity index (χ0v) is 9.73. The van der Waals surface area contributed by atoms with Crippen molar-refractivity contribution < 1.29 is 4.74 Å². The number of fused-ring (bicyclic) bond motifs is 1. The summed E-state index contributed by atoms with van der Waals surface area (Å²) in [6.07, 6.45) is 7.13. The molecule has 0 fully saturated rings. The first-order valence-electron chi connectivity index (χ1n) is 5.25. The zero-order chi connectivity index (χ0) is 12.3. The van der Waals surface area contributed by atoms with E-state index in [1.807, 2.05) is 24.4 Å². The third-order valence-corrected chi connectivity index (χ3v) is 2.52. The molecule has 0 bridgehead atoms. The van der Waals surface area contributed by atoms with Crippen LogP contribution in [0.15, 0.2) is 55.6 Å². The number of pyridine rings is 1. The molecule has 86 valence electrons. The summed E-state index contributed by atoms with van der Waals surface area (Å²) in [5.74, 6) is 0.684. The SMILES string of the molecule is C=C/C(=C\C(=C)c1cnc2[nH]ccc2c1)OC. The molecule has 3 nitrogen and oxygen atoms in total. The summed E-state index contributed by atoms with van der Waals surface area (Å²) in [5.41, 5.74) is 2.69. The summed E-state index contributed by atoms with van der Waals surface area (Å²) in [7, 11) is 1.61. The number of allylic oxidation sites excluding steroid dienone is 3. The smallest absolute Gasteiger partial charge is 0.137 e. The van der Waals surface area contributed by atoms with Crippen LogP contribution in [0.25, 0.3) is 16.6 Å². The number of methoxy groups -OCH3 is 1. The van der Waals surface area contributed by atoms with E-state index in [-0.39, 0.29) is 0 Å². The minimum Gasteiger partial charge on any atom is -0.497 e. The van der Waals surface area contributed by atoms with Gasteiger partial charge in [0.25, 0.3) is 0 Å². The number of ether oxygens (including phenoxy) is 1. The maximum Gasteiger partial charge on any atom is 0.137 e. The van der Waals surface area contributed by atoms with E-state index in [0.29, 0.717) is 5.76 Å². The van der Waals surface area contributed by atoms with Crippen LogP contribution in [-0.2, 0) is 4.74 Å². The molecule has 0 aromatic carbocycles. The number of hydrogen-bond donors (Lipinski definition) is 1. The summed E-state index contributed by atoms with van der Waals surface area (Å²) in [5, 5.41) is 1.06. The fourth-order valence-electron chi connectivity index (χ4n) is 1.57. The highest BCUT2D eigenvalue weighted by Crippen LogP contribution is 2.19. The molecule has 2 aromatic rings. The summed E-state index contributed by atoms with van der Waals surface area (Å²) in [4.78, 5) is 7.36. The number of aromatic nitrogens is 2. The molecule has 0 saturated heterocycles. The second-order valence-corrected chi connectivity index (χ2v) is 3.62. The zero-order valence-electron chi connectivity index (χ0n) is 9.73. The van der Waals surface area contributed by atoms with Crippen molar-refractivity contribution in [2.75, 3.05) is 7.11 Å². The molecule has 2 aromatic heterocycles. The van der Waals surface area contributed by atoms with Crippen molar-refractivity contribution in [1.29, 1.82) is 0 Å². The largest absolute Gasteiger partial charge is 0.497 e. The van der Waals surface area contributed by atoms with E-state index in [2.05, 4.69) is 23.1 Å². The van der Waals surface area contributed by atoms with Crippen LogP contribution < -0.4 is 0 Å². The van der Waals surface area contributed by atoms with Gasteiger partial charge in [0.1, 0.15) is 11.4 Å². The standard InChI is InChI=1S/C14H14N2O/c1-4-13(17-3)7-10(2)12-8-11-5-6-15-14(11)16-9-12/h4-9H,1-2H2,3H3,(H,15,16)/b13-7+. The minimum atomic E-state index is 0.684. The summed E-state index contributed by atoms with van der Waals surface area (Å²) in [6.45, 7) is 7.66. The van der Waals surface area contributed by atoms with Crippen LogP contribution in [0.5, 0.6) is 0 Å². The average molecular weight is 226 g/mol. The summed E-state index contributed by atoms with van der Waals surface area (Å²) in [6, 6.07) is 4.02. The van der Waals surface area contributed by atoms with Crippen LogP contribution in [0.1, 0.15) is 5.56 Å². The van der Waals surface area contributed by atoms with Gasteiger partial charge in [0, 0.05) is 23.3 Å². The van der Waals surface area contributed by atoms with Gasteiger partial charge in [-0.1, -0.05) is 13.2 Å². The number of rotatable bonds is 4. The Morgan fingerprint density at radius 1 is 1.53 bits per heavy atom. The van der Waals surface area contributed by atoms with E-state index in [9.17, 15) is 0 Å². The highest BCUT2D eigenvalue weighted by Gasteiger charge is 2.01. The summed E-state index contributed by atoms with van der Waals surface area (Å²) < 4.78 is 5.12. The maximum atomic E-state index is 5.12. The van der Waals surface area contributed by atoms with Crippen molar-refractivity contribution >= 4 is 16.6 Å². The lowest BCUT2D eigenvalue weighted by atomic mass is 10.1. The molecule has 1 N–H and O–H groups in total. The van der Waals surface area contributed by atoms with E-state index in [4.69, 9.17) is 4.74 Å². The Bertz CT molecular complexity index is 593. The number of nitrogens with zero attached hydrogens (tertiary/aromatic N) is 1. The van der Waals surface area contributed by atoms with Gasteiger partial charge in [0.15, 0.2) is 0 Å². The minimum absolute atomic E-state index is 0.684. The van der Waals surface area contributed by atoms with Gasteiger partial charge < -0.3 is 9.72 Å². The quantitative estimate of drug-likeness (QED) is 0.641. The Balaban J connectivity index is 2.36. The summed E-state index contributed by atoms with van der Waals surface area (Å²) >= 11 is 0. The molecule has 0 atom stereocenters. The molecule has 0 aliphatic rings. The first kappa shape index (κ1) is 11.2. The van der Waals surface area contributed by atoms with E-state index in [1.54, 1.807) is 19.4 Å². The Labute approximate surface area is 100 Å². The Morgan fingerprint density at radius 3 is 3.06 bits per heavy atom. The van der Waals surface area contributed by atoms with Crippen molar-refractivity contribution in [3.05, 3.63) is 61.2 Å². The molecule has 0 aliphatic heterocycles. The molecule has 17 heavy (non-hydrogen) atoms. The van der Waals surface area contributed by atoms with Crippen molar-refractivity contribution in [1.82, 2.24) is 9.97 Å². The number of hydrogen-bond acceptors (Lipinski definition) is 2. The number of H-pyrrole nitrogens is 1. The van der Waals surface area contributed by atoms with Crippen LogP contribution in [0, 0.1) is 0 Å². The van der Waals surface area contributed by atoms with E-state index in [1.165, 1.54) is 0 Å². The highest BCUT2D eigenvalue weighted by atomic mass is 16.5. The van der Waals surface area contributed by atoms with Gasteiger partial charge >= 0.3 is 0 Å². The Kier molecular flexibility index (Phi) is 3.10. The van der Waals surface area contributed by atoms with Gasteiger partial charge in [-0.25, -0.2) is 4.98 Å². The molecule has 3 heteroatoms. The van der Waals surface area contributed by atoms with Crippen molar-refractivity contribution in [2.45, 2.75) is 0 Å². The van der Waals surface area contributed by atoms with E-state index < -0.39 is 0 Å². The highest BCUT2D eigenvalue weighted by molar-refractivity contribution is 5.82. The first-order chi connectivity index (χ1) is 8.24. The molecule has 2 rings (SSSR count). The fraction of sp³-hybridized carbons (Fsp3) is 0.0714. The third kappa shape index (κ3) is 2.28. The van der Waals surface area contributed by atoms with Gasteiger partial charge in [0.2, 0.25) is 0 Å². The molecular weight excluding hydrogens is 212 g/mol. The third-order valence-electron chi connectivity index (χ3n) is 2.52. The molecule has 0 saturated carbocycles. The second-order valence-electron chi connectivity index (χ2n) is 3.62. The molecule has 0 amide bonds. The molecule has 0 spiro atoms. The van der Waals surface area contributed by atoms with Crippen LogP contribution in [0.3, 0.4) is 0 Å². The molecule has 0 unspecified atom stereocenters. The Morgan fingerprint density at radius 2 is 2.35 bits per heavy atom. The lowest BCUT2D eigenvalue weighted by Crippen LogP contribution is -1.86. The maximum absolute atomic E-state index is 5.12. The van der Waals surface area contributed by atoms with Gasteiger partial charge in [-0.15, -0.1) is 0 Å². The van der Waals surface area contributed by atoms with Gasteiger partial charge in [-0.3, -0.25) is 0 Å². The second kappa shape index (κ2) is 4.70. The average Bonchev–Trinajstić information content (AvgIpc) is 2.82. The van der Waals surface area contributed by atoms with Gasteiger partial charge in [-0.05, 0) is 29.9 Å². The van der Waals surface area contributed by atoms with Crippen LogP contribution in [0.2, 0.25) is 0 Å². The number of nitrogens with one attached hydrogen (secondary N) is 1. The van der Waals surface area contributed by atoms with E-state index >= 15 is 0 Å².